The van der Waals surface area contributed by atoms with Gasteiger partial charge in [-0.05, 0) is 12.8 Å². The van der Waals surface area contributed by atoms with E-state index in [2.05, 4.69) is 22.5 Å². The van der Waals surface area contributed by atoms with Gasteiger partial charge in [0, 0.05) is 24.0 Å². The third-order valence-electron chi connectivity index (χ3n) is 2.67. The highest BCUT2D eigenvalue weighted by molar-refractivity contribution is 7.11. The van der Waals surface area contributed by atoms with Crippen LogP contribution >= 0.6 is 11.3 Å². The lowest BCUT2D eigenvalue weighted by atomic mass is 10.1. The fraction of sp³-hybridized carbons (Fsp3) is 0.545. The topological polar surface area (TPSA) is 71.1 Å². The zero-order valence-electron chi connectivity index (χ0n) is 9.66. The number of hydrogen-bond acceptors (Lipinski definition) is 5. The van der Waals surface area contributed by atoms with Crippen LogP contribution in [0.4, 0.5) is 0 Å². The Morgan fingerprint density at radius 3 is 3.06 bits per heavy atom. The van der Waals surface area contributed by atoms with Gasteiger partial charge in [0.05, 0.1) is 11.0 Å². The maximum absolute atomic E-state index is 11.5. The highest BCUT2D eigenvalue weighted by atomic mass is 32.1. The first-order valence-electron chi connectivity index (χ1n) is 5.69. The van der Waals surface area contributed by atoms with Gasteiger partial charge in [-0.2, -0.15) is 0 Å². The molecule has 0 saturated carbocycles. The van der Waals surface area contributed by atoms with Gasteiger partial charge in [0.2, 0.25) is 11.8 Å². The molecule has 0 spiro atoms. The molecule has 92 valence electrons. The van der Waals surface area contributed by atoms with E-state index in [0.717, 1.165) is 16.3 Å². The van der Waals surface area contributed by atoms with E-state index >= 15 is 0 Å². The lowest BCUT2D eigenvalue weighted by Gasteiger charge is -2.21. The number of carbonyl (C=O) groups is 2. The molecule has 2 amide bonds. The molecule has 1 fully saturated rings. The molecule has 1 aromatic heterocycles. The van der Waals surface area contributed by atoms with Crippen molar-refractivity contribution < 1.29 is 9.59 Å². The van der Waals surface area contributed by atoms with Crippen molar-refractivity contribution in [2.24, 2.45) is 0 Å². The third-order valence-corrected chi connectivity index (χ3v) is 3.81. The number of aryl methyl sites for hydroxylation is 1. The molecule has 1 saturated heterocycles. The van der Waals surface area contributed by atoms with E-state index in [1.807, 2.05) is 6.20 Å². The van der Waals surface area contributed by atoms with E-state index in [1.165, 1.54) is 0 Å². The van der Waals surface area contributed by atoms with Gasteiger partial charge in [0.1, 0.15) is 0 Å². The summed E-state index contributed by atoms with van der Waals surface area (Å²) in [6, 6.07) is -0.264. The summed E-state index contributed by atoms with van der Waals surface area (Å²) < 4.78 is 0. The molecule has 1 atom stereocenters. The van der Waals surface area contributed by atoms with Crippen LogP contribution < -0.4 is 10.6 Å². The molecule has 1 aliphatic heterocycles. The van der Waals surface area contributed by atoms with Crippen LogP contribution in [0.15, 0.2) is 6.20 Å². The van der Waals surface area contributed by atoms with Gasteiger partial charge in [0.25, 0.3) is 0 Å². The molecule has 0 radical (unpaired) electrons. The second-order valence-electron chi connectivity index (χ2n) is 3.96. The Morgan fingerprint density at radius 2 is 2.41 bits per heavy atom. The third kappa shape index (κ3) is 3.10. The summed E-state index contributed by atoms with van der Waals surface area (Å²) in [5.41, 5.74) is 0. The minimum absolute atomic E-state index is 0.181. The second kappa shape index (κ2) is 5.37. The van der Waals surface area contributed by atoms with E-state index in [9.17, 15) is 9.59 Å². The van der Waals surface area contributed by atoms with E-state index in [1.54, 1.807) is 11.3 Å². The summed E-state index contributed by atoms with van der Waals surface area (Å²) in [6.45, 7) is 2.69. The van der Waals surface area contributed by atoms with Crippen LogP contribution in [-0.2, 0) is 22.6 Å². The van der Waals surface area contributed by atoms with Crippen LogP contribution in [0.2, 0.25) is 0 Å². The Kier molecular flexibility index (Phi) is 3.86. The average molecular weight is 253 g/mol. The number of piperidine rings is 1. The molecule has 2 N–H and O–H groups in total. The van der Waals surface area contributed by atoms with Gasteiger partial charge in [0.15, 0.2) is 0 Å². The number of nitrogens with zero attached hydrogens (tertiary/aromatic N) is 1. The SMILES string of the molecule is CCc1ncc(CNC2CCC(=O)NC2=O)s1. The number of aromatic nitrogens is 1. The van der Waals surface area contributed by atoms with Crippen LogP contribution in [0, 0.1) is 0 Å². The zero-order valence-corrected chi connectivity index (χ0v) is 10.5. The summed E-state index contributed by atoms with van der Waals surface area (Å²) in [4.78, 5) is 27.8. The van der Waals surface area contributed by atoms with Crippen LogP contribution in [0.25, 0.3) is 0 Å². The lowest BCUT2D eigenvalue weighted by molar-refractivity contribution is -0.134. The molecular weight excluding hydrogens is 238 g/mol. The van der Waals surface area contributed by atoms with Crippen molar-refractivity contribution >= 4 is 23.2 Å². The molecule has 5 nitrogen and oxygen atoms in total. The molecule has 6 heteroatoms. The van der Waals surface area contributed by atoms with Crippen molar-refractivity contribution in [3.63, 3.8) is 0 Å². The summed E-state index contributed by atoms with van der Waals surface area (Å²) in [5.74, 6) is -0.402. The normalized spacial score (nSPS) is 20.4. The number of thiazole rings is 1. The van der Waals surface area contributed by atoms with Crippen molar-refractivity contribution in [3.8, 4) is 0 Å². The van der Waals surface area contributed by atoms with E-state index < -0.39 is 0 Å². The molecule has 0 bridgehead atoms. The summed E-state index contributed by atoms with van der Waals surface area (Å²) >= 11 is 1.65. The predicted octanol–water partition coefficient (Wildman–Crippen LogP) is 0.600. The van der Waals surface area contributed by atoms with Crippen LogP contribution in [-0.4, -0.2) is 22.8 Å². The largest absolute Gasteiger partial charge is 0.301 e. The molecule has 0 aliphatic carbocycles. The van der Waals surface area contributed by atoms with Gasteiger partial charge in [-0.3, -0.25) is 14.9 Å². The molecular formula is C11H15N3O2S. The Balaban J connectivity index is 1.85. The van der Waals surface area contributed by atoms with Gasteiger partial charge in [-0.25, -0.2) is 4.98 Å². The Bertz CT molecular complexity index is 430. The molecule has 0 aromatic carbocycles. The lowest BCUT2D eigenvalue weighted by Crippen LogP contribution is -2.50. The van der Waals surface area contributed by atoms with Crippen LogP contribution in [0.3, 0.4) is 0 Å². The van der Waals surface area contributed by atoms with Crippen molar-refractivity contribution in [2.75, 3.05) is 0 Å². The Labute approximate surface area is 104 Å². The maximum atomic E-state index is 11.5. The molecule has 1 unspecified atom stereocenters. The van der Waals surface area contributed by atoms with Gasteiger partial charge >= 0.3 is 0 Å². The Hall–Kier alpha value is -1.27. The summed E-state index contributed by atoms with van der Waals surface area (Å²) in [5, 5.41) is 6.58. The first-order valence-corrected chi connectivity index (χ1v) is 6.51. The van der Waals surface area contributed by atoms with Gasteiger partial charge < -0.3 is 5.32 Å². The first-order chi connectivity index (χ1) is 8.19. The van der Waals surface area contributed by atoms with Crippen molar-refractivity contribution in [1.29, 1.82) is 0 Å². The fourth-order valence-electron chi connectivity index (χ4n) is 1.71. The predicted molar refractivity (Wildman–Crippen MR) is 64.5 cm³/mol. The molecule has 17 heavy (non-hydrogen) atoms. The molecule has 1 aromatic rings. The van der Waals surface area contributed by atoms with Crippen LogP contribution in [0.5, 0.6) is 0 Å². The number of amides is 2. The molecule has 2 rings (SSSR count). The molecule has 2 heterocycles. The van der Waals surface area contributed by atoms with Crippen molar-refractivity contribution in [2.45, 2.75) is 38.8 Å². The second-order valence-corrected chi connectivity index (χ2v) is 5.16. The Morgan fingerprint density at radius 1 is 1.59 bits per heavy atom. The summed E-state index contributed by atoms with van der Waals surface area (Å²) in [7, 11) is 0. The van der Waals surface area contributed by atoms with Crippen LogP contribution in [0.1, 0.15) is 29.7 Å². The van der Waals surface area contributed by atoms with Crippen molar-refractivity contribution in [1.82, 2.24) is 15.6 Å². The number of rotatable bonds is 4. The summed E-state index contributed by atoms with van der Waals surface area (Å²) in [6.07, 6.45) is 3.75. The monoisotopic (exact) mass is 253 g/mol. The number of carbonyl (C=O) groups excluding carboxylic acids is 2. The quantitative estimate of drug-likeness (QED) is 0.771. The number of nitrogens with one attached hydrogen (secondary N) is 2. The average Bonchev–Trinajstić information content (AvgIpc) is 2.76. The van der Waals surface area contributed by atoms with E-state index in [-0.39, 0.29) is 17.9 Å². The highest BCUT2D eigenvalue weighted by Crippen LogP contribution is 2.14. The molecule has 1 aliphatic rings. The standard InChI is InChI=1S/C11H15N3O2S/c1-2-10-13-6-7(17-10)5-12-8-3-4-9(15)14-11(8)16/h6,8,12H,2-5H2,1H3,(H,14,15,16). The van der Waals surface area contributed by atoms with Crippen molar-refractivity contribution in [3.05, 3.63) is 16.1 Å². The maximum Gasteiger partial charge on any atom is 0.243 e. The number of imide groups is 1. The fourth-order valence-corrected chi connectivity index (χ4v) is 2.52. The smallest absolute Gasteiger partial charge is 0.243 e. The van der Waals surface area contributed by atoms with E-state index in [4.69, 9.17) is 0 Å². The minimum atomic E-state index is -0.264. The first kappa shape index (κ1) is 12.2. The van der Waals surface area contributed by atoms with Gasteiger partial charge in [-0.1, -0.05) is 6.92 Å². The van der Waals surface area contributed by atoms with Gasteiger partial charge in [-0.15, -0.1) is 11.3 Å². The zero-order chi connectivity index (χ0) is 12.3. The minimum Gasteiger partial charge on any atom is -0.301 e. The number of hydrogen-bond donors (Lipinski definition) is 2. The highest BCUT2D eigenvalue weighted by Gasteiger charge is 2.25. The van der Waals surface area contributed by atoms with E-state index in [0.29, 0.717) is 19.4 Å².